The van der Waals surface area contributed by atoms with Crippen LogP contribution in [-0.4, -0.2) is 60.0 Å². The van der Waals surface area contributed by atoms with Crippen molar-refractivity contribution in [2.24, 2.45) is 0 Å². The second-order valence-corrected chi connectivity index (χ2v) is 7.95. The minimum atomic E-state index is -4.43. The van der Waals surface area contributed by atoms with Crippen LogP contribution in [0.15, 0.2) is 48.5 Å². The molecule has 1 heterocycles. The molecule has 0 aliphatic carbocycles. The van der Waals surface area contributed by atoms with Crippen molar-refractivity contribution in [2.45, 2.75) is 19.1 Å². The number of hydrogen-bond donors (Lipinski definition) is 2. The highest BCUT2D eigenvalue weighted by Crippen LogP contribution is 2.29. The molecule has 2 N–H and O–H groups in total. The molecule has 0 radical (unpaired) electrons. The molecule has 0 aliphatic rings. The van der Waals surface area contributed by atoms with Crippen LogP contribution >= 0.6 is 0 Å². The second kappa shape index (κ2) is 10.5. The Hall–Kier alpha value is -3.40. The summed E-state index contributed by atoms with van der Waals surface area (Å²) in [6, 6.07) is 11.4. The number of anilines is 2. The Kier molecular flexibility index (Phi) is 7.70. The van der Waals surface area contributed by atoms with Crippen LogP contribution in [0.4, 0.5) is 29.5 Å². The first-order valence-corrected chi connectivity index (χ1v) is 10.5. The van der Waals surface area contributed by atoms with E-state index in [0.717, 1.165) is 42.5 Å². The number of rotatable bonds is 8. The molecule has 0 saturated heterocycles. The van der Waals surface area contributed by atoms with Crippen molar-refractivity contribution in [1.29, 1.82) is 0 Å². The third-order valence-electron chi connectivity index (χ3n) is 4.91. The number of amides is 2. The maximum Gasteiger partial charge on any atom is 0.416 e. The van der Waals surface area contributed by atoms with Gasteiger partial charge < -0.3 is 20.4 Å². The van der Waals surface area contributed by atoms with Gasteiger partial charge in [0.2, 0.25) is 0 Å². The Morgan fingerprint density at radius 1 is 1.00 bits per heavy atom. The second-order valence-electron chi connectivity index (χ2n) is 7.95. The minimum absolute atomic E-state index is 0.129. The van der Waals surface area contributed by atoms with E-state index in [1.807, 2.05) is 38.4 Å². The summed E-state index contributed by atoms with van der Waals surface area (Å²) in [4.78, 5) is 25.2. The molecule has 2 aromatic carbocycles. The van der Waals surface area contributed by atoms with Gasteiger partial charge >= 0.3 is 12.2 Å². The summed E-state index contributed by atoms with van der Waals surface area (Å²) in [6.07, 6.45) is -3.49. The molecule has 0 unspecified atom stereocenters. The summed E-state index contributed by atoms with van der Waals surface area (Å²) in [5.41, 5.74) is 0.251. The average molecular weight is 461 g/mol. The van der Waals surface area contributed by atoms with Crippen molar-refractivity contribution in [3.05, 3.63) is 59.9 Å². The molecule has 0 saturated carbocycles. The van der Waals surface area contributed by atoms with E-state index in [9.17, 15) is 18.0 Å². The maximum atomic E-state index is 12.7. The van der Waals surface area contributed by atoms with Crippen LogP contribution in [0, 0.1) is 0 Å². The van der Waals surface area contributed by atoms with E-state index in [-0.39, 0.29) is 12.2 Å². The van der Waals surface area contributed by atoms with Crippen LogP contribution in [0.3, 0.4) is 0 Å². The molecule has 10 heteroatoms. The molecule has 176 valence electrons. The SMILES string of the molecule is CN(C)CCCNc1nc(CN(C)C(=O)Nc2ccc(C(F)(F)F)cc2)nc2ccccc12. The lowest BCUT2D eigenvalue weighted by Gasteiger charge is -2.19. The topological polar surface area (TPSA) is 73.4 Å². The van der Waals surface area contributed by atoms with Gasteiger partial charge in [0.1, 0.15) is 5.82 Å². The van der Waals surface area contributed by atoms with Gasteiger partial charge in [-0.15, -0.1) is 0 Å². The Morgan fingerprint density at radius 3 is 2.36 bits per heavy atom. The van der Waals surface area contributed by atoms with Gasteiger partial charge in [-0.1, -0.05) is 12.1 Å². The number of para-hydroxylation sites is 1. The van der Waals surface area contributed by atoms with E-state index in [1.165, 1.54) is 17.0 Å². The number of benzene rings is 2. The van der Waals surface area contributed by atoms with E-state index in [0.29, 0.717) is 11.6 Å². The third-order valence-corrected chi connectivity index (χ3v) is 4.91. The number of urea groups is 1. The van der Waals surface area contributed by atoms with E-state index in [2.05, 4.69) is 25.5 Å². The largest absolute Gasteiger partial charge is 0.416 e. The summed E-state index contributed by atoms with van der Waals surface area (Å²) in [7, 11) is 5.61. The predicted octanol–water partition coefficient (Wildman–Crippen LogP) is 4.68. The van der Waals surface area contributed by atoms with Gasteiger partial charge in [0.05, 0.1) is 17.6 Å². The zero-order valence-corrected chi connectivity index (χ0v) is 18.8. The first-order chi connectivity index (χ1) is 15.6. The summed E-state index contributed by atoms with van der Waals surface area (Å²) >= 11 is 0. The summed E-state index contributed by atoms with van der Waals surface area (Å²) in [5, 5.41) is 6.83. The van der Waals surface area contributed by atoms with Crippen molar-refractivity contribution in [1.82, 2.24) is 19.8 Å². The first kappa shape index (κ1) is 24.2. The number of alkyl halides is 3. The lowest BCUT2D eigenvalue weighted by atomic mass is 10.2. The molecule has 0 bridgehead atoms. The number of fused-ring (bicyclic) bond motifs is 1. The smallest absolute Gasteiger partial charge is 0.369 e. The van der Waals surface area contributed by atoms with Crippen LogP contribution < -0.4 is 10.6 Å². The number of nitrogens with one attached hydrogen (secondary N) is 2. The minimum Gasteiger partial charge on any atom is -0.369 e. The lowest BCUT2D eigenvalue weighted by molar-refractivity contribution is -0.137. The molecule has 7 nitrogen and oxygen atoms in total. The fourth-order valence-corrected chi connectivity index (χ4v) is 3.18. The van der Waals surface area contributed by atoms with Crippen LogP contribution in [-0.2, 0) is 12.7 Å². The standard InChI is InChI=1S/C23H27F3N6O/c1-31(2)14-6-13-27-21-18-7-4-5-8-19(18)29-20(30-21)15-32(3)22(33)28-17-11-9-16(10-12-17)23(24,25)26/h4-5,7-12H,6,13-15H2,1-3H3,(H,28,33)(H,27,29,30). The van der Waals surface area contributed by atoms with Crippen LogP contribution in [0.2, 0.25) is 0 Å². The van der Waals surface area contributed by atoms with Gasteiger partial charge in [-0.25, -0.2) is 14.8 Å². The van der Waals surface area contributed by atoms with E-state index in [4.69, 9.17) is 0 Å². The maximum absolute atomic E-state index is 12.7. The normalized spacial score (nSPS) is 11.6. The van der Waals surface area contributed by atoms with E-state index < -0.39 is 17.8 Å². The highest BCUT2D eigenvalue weighted by atomic mass is 19.4. The van der Waals surface area contributed by atoms with Crippen molar-refractivity contribution in [3.63, 3.8) is 0 Å². The van der Waals surface area contributed by atoms with Crippen LogP contribution in [0.25, 0.3) is 10.9 Å². The Morgan fingerprint density at radius 2 is 1.70 bits per heavy atom. The highest BCUT2D eigenvalue weighted by molar-refractivity contribution is 5.90. The molecule has 2 amide bonds. The molecular formula is C23H27F3N6O. The molecule has 3 aromatic rings. The summed E-state index contributed by atoms with van der Waals surface area (Å²) in [5.74, 6) is 1.15. The monoisotopic (exact) mass is 460 g/mol. The molecule has 0 fully saturated rings. The number of halogens is 3. The molecule has 1 aromatic heterocycles. The molecule has 0 atom stereocenters. The summed E-state index contributed by atoms with van der Waals surface area (Å²) in [6.45, 7) is 1.81. The van der Waals surface area contributed by atoms with Gasteiger partial charge in [0.15, 0.2) is 5.82 Å². The predicted molar refractivity (Wildman–Crippen MR) is 123 cm³/mol. The lowest BCUT2D eigenvalue weighted by Crippen LogP contribution is -2.31. The fraction of sp³-hybridized carbons (Fsp3) is 0.348. The fourth-order valence-electron chi connectivity index (χ4n) is 3.18. The van der Waals surface area contributed by atoms with Gasteiger partial charge in [-0.2, -0.15) is 13.2 Å². The Labute approximate surface area is 190 Å². The summed E-state index contributed by atoms with van der Waals surface area (Å²) < 4.78 is 38.1. The average Bonchev–Trinajstić information content (AvgIpc) is 2.76. The molecular weight excluding hydrogens is 433 g/mol. The number of aromatic nitrogens is 2. The van der Waals surface area contributed by atoms with Gasteiger partial charge in [0, 0.05) is 24.7 Å². The quantitative estimate of drug-likeness (QED) is 0.478. The van der Waals surface area contributed by atoms with Crippen LogP contribution in [0.5, 0.6) is 0 Å². The van der Waals surface area contributed by atoms with Gasteiger partial charge in [-0.3, -0.25) is 0 Å². The molecule has 0 aliphatic heterocycles. The van der Waals surface area contributed by atoms with E-state index >= 15 is 0 Å². The molecule has 0 spiro atoms. The van der Waals surface area contributed by atoms with E-state index in [1.54, 1.807) is 7.05 Å². The van der Waals surface area contributed by atoms with Crippen molar-refractivity contribution in [3.8, 4) is 0 Å². The van der Waals surface area contributed by atoms with Crippen molar-refractivity contribution < 1.29 is 18.0 Å². The number of carbonyl (C=O) groups excluding carboxylic acids is 1. The Balaban J connectivity index is 1.69. The third kappa shape index (κ3) is 6.79. The Bertz CT molecular complexity index is 1090. The number of carbonyl (C=O) groups is 1. The van der Waals surface area contributed by atoms with Gasteiger partial charge in [-0.05, 0) is 63.5 Å². The zero-order valence-electron chi connectivity index (χ0n) is 18.8. The first-order valence-electron chi connectivity index (χ1n) is 10.5. The van der Waals surface area contributed by atoms with Crippen molar-refractivity contribution in [2.75, 3.05) is 44.9 Å². The molecule has 3 rings (SSSR count). The van der Waals surface area contributed by atoms with Crippen LogP contribution in [0.1, 0.15) is 17.8 Å². The highest BCUT2D eigenvalue weighted by Gasteiger charge is 2.30. The zero-order chi connectivity index (χ0) is 24.0. The number of nitrogens with zero attached hydrogens (tertiary/aromatic N) is 4. The molecule has 33 heavy (non-hydrogen) atoms. The van der Waals surface area contributed by atoms with Crippen molar-refractivity contribution >= 4 is 28.4 Å². The number of hydrogen-bond acceptors (Lipinski definition) is 5. The van der Waals surface area contributed by atoms with Gasteiger partial charge in [0.25, 0.3) is 0 Å².